The van der Waals surface area contributed by atoms with Gasteiger partial charge in [0.15, 0.2) is 0 Å². The lowest BCUT2D eigenvalue weighted by molar-refractivity contribution is -0.129. The van der Waals surface area contributed by atoms with E-state index in [1.165, 1.54) is 11.1 Å². The zero-order valence-corrected chi connectivity index (χ0v) is 11.7. The Morgan fingerprint density at radius 2 is 2.16 bits per heavy atom. The first-order chi connectivity index (χ1) is 9.41. The van der Waals surface area contributed by atoms with Crippen molar-refractivity contribution < 1.29 is 10.9 Å². The molecule has 1 aromatic heterocycles. The zero-order valence-electron chi connectivity index (χ0n) is 12.7. The molecule has 0 unspecified atom stereocenters. The van der Waals surface area contributed by atoms with Crippen molar-refractivity contribution in [3.63, 3.8) is 0 Å². The molecule has 102 valence electrons. The molecular formula is C15H20N2O2. The predicted molar refractivity (Wildman–Crippen MR) is 71.5 cm³/mol. The van der Waals surface area contributed by atoms with E-state index in [9.17, 15) is 4.79 Å². The lowest BCUT2D eigenvalue weighted by Gasteiger charge is -2.32. The number of pyridine rings is 1. The van der Waals surface area contributed by atoms with Gasteiger partial charge in [0.2, 0.25) is 5.91 Å². The number of fused-ring (bicyclic) bond motifs is 2. The van der Waals surface area contributed by atoms with Crippen molar-refractivity contribution in [2.75, 3.05) is 0 Å². The molecule has 0 saturated carbocycles. The van der Waals surface area contributed by atoms with Gasteiger partial charge in [-0.2, -0.15) is 0 Å². The van der Waals surface area contributed by atoms with Gasteiger partial charge in [-0.1, -0.05) is 0 Å². The van der Waals surface area contributed by atoms with Crippen LogP contribution in [0.4, 0.5) is 0 Å². The smallest absolute Gasteiger partial charge is 0.220 e. The van der Waals surface area contributed by atoms with Crippen LogP contribution in [0.15, 0.2) is 0 Å². The average Bonchev–Trinajstić information content (AvgIpc) is 2.80. The van der Waals surface area contributed by atoms with E-state index in [4.69, 9.17) is 11.1 Å². The Balaban J connectivity index is 1.98. The van der Waals surface area contributed by atoms with E-state index in [2.05, 4.69) is 20.8 Å². The second kappa shape index (κ2) is 4.04. The Morgan fingerprint density at radius 1 is 1.37 bits per heavy atom. The number of rotatable bonds is 0. The second-order valence-electron chi connectivity index (χ2n) is 6.06. The van der Waals surface area contributed by atoms with Gasteiger partial charge in [0.25, 0.3) is 0 Å². The molecule has 2 aliphatic heterocycles. The fraction of sp³-hybridized carbons (Fsp3) is 0.600. The molecule has 0 N–H and O–H groups in total. The summed E-state index contributed by atoms with van der Waals surface area (Å²) < 4.78 is 13.1. The summed E-state index contributed by atoms with van der Waals surface area (Å²) in [4.78, 5) is 18.2. The molecule has 4 heteroatoms. The molecule has 0 saturated heterocycles. The minimum absolute atomic E-state index is 0.128. The summed E-state index contributed by atoms with van der Waals surface area (Å²) in [7, 11) is 0. The molecule has 1 amide bonds. The molecule has 0 fully saturated rings. The van der Waals surface area contributed by atoms with Gasteiger partial charge in [0.05, 0.1) is 24.4 Å². The Labute approximate surface area is 115 Å². The van der Waals surface area contributed by atoms with E-state index >= 15 is 0 Å². The van der Waals surface area contributed by atoms with Gasteiger partial charge in [0.1, 0.15) is 0 Å². The van der Waals surface area contributed by atoms with Crippen molar-refractivity contribution in [2.24, 2.45) is 0 Å². The number of ether oxygens (including phenoxy) is 1. The predicted octanol–water partition coefficient (Wildman–Crippen LogP) is 2.10. The first kappa shape index (κ1) is 11.4. The third-order valence-corrected chi connectivity index (χ3v) is 4.11. The van der Waals surface area contributed by atoms with Crippen molar-refractivity contribution in [3.05, 3.63) is 28.1 Å². The second-order valence-corrected chi connectivity index (χ2v) is 6.06. The summed E-state index contributed by atoms with van der Waals surface area (Å²) >= 11 is 0. The van der Waals surface area contributed by atoms with Crippen molar-refractivity contribution >= 4 is 5.91 Å². The molecule has 2 aliphatic rings. The van der Waals surface area contributed by atoms with Crippen molar-refractivity contribution in [2.45, 2.75) is 59.4 Å². The van der Waals surface area contributed by atoms with Crippen LogP contribution in [-0.2, 0) is 35.6 Å². The summed E-state index contributed by atoms with van der Waals surface area (Å²) in [5.41, 5.74) is 5.48. The summed E-state index contributed by atoms with van der Waals surface area (Å²) in [5.74, 6) is -0.128. The van der Waals surface area contributed by atoms with Gasteiger partial charge < -0.3 is 9.64 Å². The Hall–Kier alpha value is -1.42. The highest BCUT2D eigenvalue weighted by molar-refractivity contribution is 5.74. The quantitative estimate of drug-likeness (QED) is 0.718. The number of carbonyl (C=O) groups is 1. The highest BCUT2D eigenvalue weighted by Crippen LogP contribution is 2.34. The molecule has 1 aromatic rings. The number of hydrogen-bond donors (Lipinski definition) is 0. The van der Waals surface area contributed by atoms with E-state index in [1.54, 1.807) is 4.90 Å². The van der Waals surface area contributed by atoms with Crippen LogP contribution in [0.25, 0.3) is 0 Å². The third-order valence-electron chi connectivity index (χ3n) is 4.11. The average molecular weight is 261 g/mol. The SMILES string of the molecule is [2H]CC(=O)N1Cc2nc3c(c(C)c2C1)COC(C)(C)C3. The highest BCUT2D eigenvalue weighted by atomic mass is 16.5. The molecule has 3 heterocycles. The van der Waals surface area contributed by atoms with Gasteiger partial charge in [-0.25, -0.2) is 0 Å². The maximum absolute atomic E-state index is 11.7. The highest BCUT2D eigenvalue weighted by Gasteiger charge is 2.32. The normalized spacial score (nSPS) is 20.8. The van der Waals surface area contributed by atoms with Crippen molar-refractivity contribution in [1.82, 2.24) is 9.88 Å². The molecule has 19 heavy (non-hydrogen) atoms. The van der Waals surface area contributed by atoms with E-state index in [0.717, 1.165) is 23.4 Å². The molecule has 0 radical (unpaired) electrons. The van der Waals surface area contributed by atoms with Crippen LogP contribution in [0, 0.1) is 6.92 Å². The van der Waals surface area contributed by atoms with Crippen LogP contribution in [-0.4, -0.2) is 21.4 Å². The monoisotopic (exact) mass is 261 g/mol. The van der Waals surface area contributed by atoms with E-state index < -0.39 is 0 Å². The van der Waals surface area contributed by atoms with Crippen molar-refractivity contribution in [1.29, 1.82) is 0 Å². The minimum Gasteiger partial charge on any atom is -0.370 e. The van der Waals surface area contributed by atoms with Gasteiger partial charge >= 0.3 is 0 Å². The maximum atomic E-state index is 11.7. The van der Waals surface area contributed by atoms with Gasteiger partial charge in [-0.3, -0.25) is 9.78 Å². The van der Waals surface area contributed by atoms with Gasteiger partial charge in [-0.15, -0.1) is 0 Å². The summed E-state index contributed by atoms with van der Waals surface area (Å²) in [6, 6.07) is 0. The van der Waals surface area contributed by atoms with Gasteiger partial charge in [-0.05, 0) is 31.9 Å². The van der Waals surface area contributed by atoms with Crippen LogP contribution < -0.4 is 0 Å². The molecule has 0 aliphatic carbocycles. The standard InChI is InChI=1S/C15H20N2O2/c1-9-11-6-17(10(2)18)7-14(11)16-13-5-15(3,4)19-8-12(9)13/h5-8H2,1-4H3/i2D. The van der Waals surface area contributed by atoms with Crippen LogP contribution in [0.5, 0.6) is 0 Å². The lowest BCUT2D eigenvalue weighted by Crippen LogP contribution is -2.33. The molecule has 0 bridgehead atoms. The first-order valence-electron chi connectivity index (χ1n) is 7.33. The summed E-state index contributed by atoms with van der Waals surface area (Å²) in [5, 5.41) is 0. The Morgan fingerprint density at radius 3 is 2.89 bits per heavy atom. The van der Waals surface area contributed by atoms with Crippen LogP contribution in [0.1, 0.15) is 50.2 Å². The molecule has 0 aromatic carbocycles. The maximum Gasteiger partial charge on any atom is 0.220 e. The zero-order chi connectivity index (χ0) is 14.5. The van der Waals surface area contributed by atoms with Crippen LogP contribution in [0.2, 0.25) is 0 Å². The number of aromatic nitrogens is 1. The first-order valence-corrected chi connectivity index (χ1v) is 6.62. The molecule has 0 atom stereocenters. The number of amides is 1. The van der Waals surface area contributed by atoms with Gasteiger partial charge in [0, 0.05) is 32.5 Å². The number of nitrogens with zero attached hydrogens (tertiary/aromatic N) is 2. The number of carbonyl (C=O) groups excluding carboxylic acids is 1. The molecular weight excluding hydrogens is 240 g/mol. The fourth-order valence-electron chi connectivity index (χ4n) is 2.92. The van der Waals surface area contributed by atoms with E-state index in [-0.39, 0.29) is 18.4 Å². The topological polar surface area (TPSA) is 42.4 Å². The van der Waals surface area contributed by atoms with Crippen LogP contribution in [0.3, 0.4) is 0 Å². The van der Waals surface area contributed by atoms with E-state index in [1.807, 2.05) is 0 Å². The lowest BCUT2D eigenvalue weighted by atomic mass is 9.91. The largest absolute Gasteiger partial charge is 0.370 e. The Kier molecular flexibility index (Phi) is 2.42. The third kappa shape index (κ3) is 2.04. The van der Waals surface area contributed by atoms with E-state index in [0.29, 0.717) is 19.7 Å². The molecule has 4 nitrogen and oxygen atoms in total. The summed E-state index contributed by atoms with van der Waals surface area (Å²) in [6.45, 7) is 7.79. The molecule has 0 spiro atoms. The summed E-state index contributed by atoms with van der Waals surface area (Å²) in [6.07, 6.45) is 0.808. The number of hydrogen-bond acceptors (Lipinski definition) is 3. The fourth-order valence-corrected chi connectivity index (χ4v) is 2.92. The molecule has 3 rings (SSSR count). The minimum atomic E-state index is -0.192. The van der Waals surface area contributed by atoms with Crippen LogP contribution >= 0.6 is 0 Å². The Bertz CT molecular complexity index is 584. The van der Waals surface area contributed by atoms with Crippen molar-refractivity contribution in [3.8, 4) is 0 Å².